The number of carbonyl (C=O) groups excluding carboxylic acids is 1. The molecule has 0 radical (unpaired) electrons. The zero-order chi connectivity index (χ0) is 13.6. The van der Waals surface area contributed by atoms with Crippen molar-refractivity contribution >= 4 is 35.0 Å². The molecule has 1 N–H and O–H groups in total. The maximum absolute atomic E-state index is 12.5. The Bertz CT molecular complexity index is 527. The highest BCUT2D eigenvalue weighted by molar-refractivity contribution is 8.00. The van der Waals surface area contributed by atoms with Gasteiger partial charge >= 0.3 is 5.97 Å². The highest BCUT2D eigenvalue weighted by Gasteiger charge is 2.48. The maximum Gasteiger partial charge on any atom is 0.327 e. The van der Waals surface area contributed by atoms with Gasteiger partial charge in [0, 0.05) is 5.75 Å². The number of carbonyl (C=O) groups is 2. The first-order chi connectivity index (χ1) is 9.08. The minimum atomic E-state index is -0.912. The number of aryl methyl sites for hydroxylation is 1. The number of aliphatic carboxylic acids is 1. The minimum Gasteiger partial charge on any atom is -0.480 e. The standard InChI is InChI=1S/C12H14N2O3S2/c1-6-13-4-9(19-6)10(15)14-8(12(16)17)5-18-11(14)7-2-3-7/h4,7-8,11H,2-3,5H2,1H3,(H,16,17). The highest BCUT2D eigenvalue weighted by Crippen LogP contribution is 2.46. The van der Waals surface area contributed by atoms with Gasteiger partial charge in [-0.1, -0.05) is 0 Å². The minimum absolute atomic E-state index is 0.0241. The molecular formula is C12H14N2O3S2. The average Bonchev–Trinajstić information content (AvgIpc) is 2.96. The Balaban J connectivity index is 1.88. The predicted molar refractivity (Wildman–Crippen MR) is 73.4 cm³/mol. The fourth-order valence-corrected chi connectivity index (χ4v) is 4.66. The number of hydrogen-bond donors (Lipinski definition) is 1. The summed E-state index contributed by atoms with van der Waals surface area (Å²) in [5.41, 5.74) is 0. The molecular weight excluding hydrogens is 284 g/mol. The van der Waals surface area contributed by atoms with Gasteiger partial charge in [-0.2, -0.15) is 0 Å². The summed E-state index contributed by atoms with van der Waals surface area (Å²) in [6.07, 6.45) is 3.74. The molecule has 5 nitrogen and oxygen atoms in total. The summed E-state index contributed by atoms with van der Waals surface area (Å²) in [6, 6.07) is -0.703. The van der Waals surface area contributed by atoms with E-state index in [1.165, 1.54) is 11.3 Å². The average molecular weight is 298 g/mol. The number of thiazole rings is 1. The summed E-state index contributed by atoms with van der Waals surface area (Å²) in [7, 11) is 0. The smallest absolute Gasteiger partial charge is 0.327 e. The van der Waals surface area contributed by atoms with Crippen molar-refractivity contribution in [2.45, 2.75) is 31.2 Å². The molecule has 1 saturated carbocycles. The number of carboxylic acids is 1. The lowest BCUT2D eigenvalue weighted by Gasteiger charge is -2.26. The molecule has 102 valence electrons. The third kappa shape index (κ3) is 2.36. The van der Waals surface area contributed by atoms with Gasteiger partial charge in [0.15, 0.2) is 0 Å². The first-order valence-electron chi connectivity index (χ1n) is 6.17. The van der Waals surface area contributed by atoms with Crippen LogP contribution in [0.5, 0.6) is 0 Å². The molecule has 7 heteroatoms. The molecule has 1 saturated heterocycles. The lowest BCUT2D eigenvalue weighted by atomic mass is 10.2. The van der Waals surface area contributed by atoms with E-state index in [0.29, 0.717) is 16.5 Å². The van der Waals surface area contributed by atoms with E-state index >= 15 is 0 Å². The van der Waals surface area contributed by atoms with Gasteiger partial charge < -0.3 is 10.0 Å². The van der Waals surface area contributed by atoms with Crippen LogP contribution in [0.25, 0.3) is 0 Å². The molecule has 2 atom stereocenters. The van der Waals surface area contributed by atoms with Crippen LogP contribution in [0, 0.1) is 12.8 Å². The number of aromatic nitrogens is 1. The molecule has 2 heterocycles. The van der Waals surface area contributed by atoms with E-state index < -0.39 is 12.0 Å². The second kappa shape index (κ2) is 4.79. The van der Waals surface area contributed by atoms with Gasteiger partial charge in [0.1, 0.15) is 10.9 Å². The topological polar surface area (TPSA) is 70.5 Å². The number of nitrogens with zero attached hydrogens (tertiary/aromatic N) is 2. The lowest BCUT2D eigenvalue weighted by molar-refractivity contribution is -0.141. The molecule has 2 fully saturated rings. The molecule has 1 aromatic heterocycles. The van der Waals surface area contributed by atoms with Crippen molar-refractivity contribution in [1.82, 2.24) is 9.88 Å². The normalized spacial score (nSPS) is 26.7. The van der Waals surface area contributed by atoms with Crippen molar-refractivity contribution < 1.29 is 14.7 Å². The predicted octanol–water partition coefficient (Wildman–Crippen LogP) is 1.83. The monoisotopic (exact) mass is 298 g/mol. The van der Waals surface area contributed by atoms with E-state index in [-0.39, 0.29) is 11.3 Å². The summed E-state index contributed by atoms with van der Waals surface area (Å²) in [5, 5.41) is 10.1. The van der Waals surface area contributed by atoms with E-state index in [1.54, 1.807) is 22.9 Å². The molecule has 1 amide bonds. The molecule has 0 spiro atoms. The maximum atomic E-state index is 12.5. The van der Waals surface area contributed by atoms with E-state index in [2.05, 4.69) is 4.98 Å². The highest BCUT2D eigenvalue weighted by atomic mass is 32.2. The number of hydrogen-bond acceptors (Lipinski definition) is 5. The van der Waals surface area contributed by atoms with Crippen LogP contribution in [0.15, 0.2) is 6.20 Å². The summed E-state index contributed by atoms with van der Waals surface area (Å²) < 4.78 is 0. The van der Waals surface area contributed by atoms with Gasteiger partial charge in [-0.15, -0.1) is 23.1 Å². The molecule has 2 unspecified atom stereocenters. The Labute approximate surface area is 119 Å². The van der Waals surface area contributed by atoms with Crippen LogP contribution in [0.4, 0.5) is 0 Å². The first-order valence-corrected chi connectivity index (χ1v) is 8.04. The molecule has 3 rings (SSSR count). The van der Waals surface area contributed by atoms with Crippen LogP contribution in [0.2, 0.25) is 0 Å². The SMILES string of the molecule is Cc1ncc(C(=O)N2C(C(=O)O)CSC2C2CC2)s1. The van der Waals surface area contributed by atoms with Crippen LogP contribution in [0.1, 0.15) is 27.5 Å². The van der Waals surface area contributed by atoms with Gasteiger partial charge in [-0.25, -0.2) is 9.78 Å². The van der Waals surface area contributed by atoms with E-state index in [0.717, 1.165) is 17.8 Å². The van der Waals surface area contributed by atoms with Crippen molar-refractivity contribution in [3.05, 3.63) is 16.1 Å². The molecule has 19 heavy (non-hydrogen) atoms. The third-order valence-electron chi connectivity index (χ3n) is 3.41. The Morgan fingerprint density at radius 2 is 2.21 bits per heavy atom. The lowest BCUT2D eigenvalue weighted by Crippen LogP contribution is -2.46. The number of thioether (sulfide) groups is 1. The molecule has 1 aliphatic carbocycles. The van der Waals surface area contributed by atoms with Gasteiger partial charge in [0.2, 0.25) is 0 Å². The van der Waals surface area contributed by atoms with Crippen molar-refractivity contribution in [3.63, 3.8) is 0 Å². The first kappa shape index (κ1) is 12.9. The molecule has 1 aliphatic heterocycles. The van der Waals surface area contributed by atoms with Crippen molar-refractivity contribution in [2.75, 3.05) is 5.75 Å². The van der Waals surface area contributed by atoms with Crippen molar-refractivity contribution in [3.8, 4) is 0 Å². The number of amides is 1. The van der Waals surface area contributed by atoms with Crippen LogP contribution >= 0.6 is 23.1 Å². The van der Waals surface area contributed by atoms with Crippen LogP contribution in [-0.4, -0.2) is 44.0 Å². The zero-order valence-corrected chi connectivity index (χ0v) is 12.0. The van der Waals surface area contributed by atoms with Gasteiger partial charge in [0.25, 0.3) is 5.91 Å². The molecule has 0 bridgehead atoms. The fourth-order valence-electron chi connectivity index (χ4n) is 2.31. The summed E-state index contributed by atoms with van der Waals surface area (Å²) >= 11 is 2.92. The Hall–Kier alpha value is -1.08. The summed E-state index contributed by atoms with van der Waals surface area (Å²) in [6.45, 7) is 1.84. The molecule has 0 aromatic carbocycles. The van der Waals surface area contributed by atoms with Gasteiger partial charge in [0.05, 0.1) is 16.6 Å². The van der Waals surface area contributed by atoms with Crippen molar-refractivity contribution in [2.24, 2.45) is 5.92 Å². The second-order valence-corrected chi connectivity index (χ2v) is 7.26. The van der Waals surface area contributed by atoms with Crippen LogP contribution in [0.3, 0.4) is 0 Å². The van der Waals surface area contributed by atoms with E-state index in [1.807, 2.05) is 6.92 Å². The second-order valence-electron chi connectivity index (χ2n) is 4.87. The molecule has 1 aromatic rings. The van der Waals surface area contributed by atoms with Crippen molar-refractivity contribution in [1.29, 1.82) is 0 Å². The third-order valence-corrected chi connectivity index (χ3v) is 5.77. The number of carboxylic acid groups (broad SMARTS) is 1. The summed E-state index contributed by atoms with van der Waals surface area (Å²) in [4.78, 5) is 30.0. The molecule has 2 aliphatic rings. The Kier molecular flexibility index (Phi) is 3.26. The van der Waals surface area contributed by atoms with Crippen LogP contribution < -0.4 is 0 Å². The number of rotatable bonds is 3. The zero-order valence-electron chi connectivity index (χ0n) is 10.4. The van der Waals surface area contributed by atoms with E-state index in [4.69, 9.17) is 0 Å². The largest absolute Gasteiger partial charge is 0.480 e. The van der Waals surface area contributed by atoms with Gasteiger partial charge in [-0.3, -0.25) is 4.79 Å². The van der Waals surface area contributed by atoms with Gasteiger partial charge in [-0.05, 0) is 25.7 Å². The fraction of sp³-hybridized carbons (Fsp3) is 0.583. The Morgan fingerprint density at radius 1 is 1.47 bits per heavy atom. The quantitative estimate of drug-likeness (QED) is 0.922. The van der Waals surface area contributed by atoms with Crippen LogP contribution in [-0.2, 0) is 4.79 Å². The van der Waals surface area contributed by atoms with E-state index in [9.17, 15) is 14.7 Å². The summed E-state index contributed by atoms with van der Waals surface area (Å²) in [5.74, 6) is -0.141. The Morgan fingerprint density at radius 3 is 2.74 bits per heavy atom.